The fraction of sp³-hybridized carbons (Fsp3) is 0.176. The summed E-state index contributed by atoms with van der Waals surface area (Å²) in [6.45, 7) is 0.672. The zero-order chi connectivity index (χ0) is 14.5. The zero-order valence-corrected chi connectivity index (χ0v) is 13.1. The van der Waals surface area contributed by atoms with E-state index in [1.165, 1.54) is 15.8 Å². The Morgan fingerprint density at radius 3 is 2.57 bits per heavy atom. The number of nitrogens with one attached hydrogen (secondary N) is 1. The van der Waals surface area contributed by atoms with Crippen LogP contribution in [0.1, 0.15) is 21.4 Å². The Balaban J connectivity index is 1.70. The van der Waals surface area contributed by atoms with Gasteiger partial charge in [-0.2, -0.15) is 0 Å². The van der Waals surface area contributed by atoms with Crippen molar-refractivity contribution in [2.45, 2.75) is 19.0 Å². The lowest BCUT2D eigenvalue weighted by Gasteiger charge is -2.17. The molecule has 0 bridgehead atoms. The van der Waals surface area contributed by atoms with Gasteiger partial charge in [-0.25, -0.2) is 4.39 Å². The number of hydrogen-bond donors (Lipinski definition) is 1. The molecule has 3 aromatic rings. The van der Waals surface area contributed by atoms with Crippen LogP contribution in [0.2, 0.25) is 0 Å². The highest BCUT2D eigenvalue weighted by atomic mass is 32.1. The molecule has 0 amide bonds. The summed E-state index contributed by atoms with van der Waals surface area (Å²) in [4.78, 5) is 2.68. The van der Waals surface area contributed by atoms with E-state index in [0.29, 0.717) is 6.54 Å². The molecule has 108 valence electrons. The van der Waals surface area contributed by atoms with Crippen molar-refractivity contribution in [2.75, 3.05) is 0 Å². The zero-order valence-electron chi connectivity index (χ0n) is 11.5. The normalized spacial score (nSPS) is 12.4. The van der Waals surface area contributed by atoms with Gasteiger partial charge < -0.3 is 5.32 Å². The summed E-state index contributed by atoms with van der Waals surface area (Å²) >= 11 is 3.54. The first kappa shape index (κ1) is 14.4. The van der Waals surface area contributed by atoms with Crippen LogP contribution in [-0.4, -0.2) is 0 Å². The summed E-state index contributed by atoms with van der Waals surface area (Å²) < 4.78 is 13.2. The van der Waals surface area contributed by atoms with E-state index in [1.54, 1.807) is 34.8 Å². The monoisotopic (exact) mass is 317 g/mol. The Labute approximate surface area is 132 Å². The van der Waals surface area contributed by atoms with Crippen molar-refractivity contribution in [3.63, 3.8) is 0 Å². The third kappa shape index (κ3) is 4.00. The van der Waals surface area contributed by atoms with Crippen molar-refractivity contribution in [1.29, 1.82) is 0 Å². The van der Waals surface area contributed by atoms with Crippen LogP contribution in [0.3, 0.4) is 0 Å². The molecule has 0 saturated carbocycles. The summed E-state index contributed by atoms with van der Waals surface area (Å²) in [6, 6.07) is 15.5. The van der Waals surface area contributed by atoms with Crippen LogP contribution in [0, 0.1) is 5.82 Å². The molecule has 4 heteroatoms. The molecule has 0 spiro atoms. The molecule has 1 aromatic carbocycles. The highest BCUT2D eigenvalue weighted by Gasteiger charge is 2.13. The van der Waals surface area contributed by atoms with Crippen molar-refractivity contribution < 1.29 is 4.39 Å². The summed E-state index contributed by atoms with van der Waals surface area (Å²) in [5.74, 6) is -0.180. The lowest BCUT2D eigenvalue weighted by atomic mass is 10.1. The molecule has 0 fully saturated rings. The minimum Gasteiger partial charge on any atom is -0.305 e. The Hall–Kier alpha value is -1.49. The first-order chi connectivity index (χ1) is 10.3. The molecular weight excluding hydrogens is 301 g/mol. The van der Waals surface area contributed by atoms with Gasteiger partial charge in [0.25, 0.3) is 0 Å². The van der Waals surface area contributed by atoms with Crippen LogP contribution in [0.5, 0.6) is 0 Å². The van der Waals surface area contributed by atoms with Gasteiger partial charge in [0.2, 0.25) is 0 Å². The Kier molecular flexibility index (Phi) is 4.80. The largest absolute Gasteiger partial charge is 0.305 e. The van der Waals surface area contributed by atoms with E-state index in [0.717, 1.165) is 12.0 Å². The Bertz CT molecular complexity index is 662. The maximum atomic E-state index is 13.2. The van der Waals surface area contributed by atoms with Gasteiger partial charge in [0.15, 0.2) is 0 Å². The van der Waals surface area contributed by atoms with Crippen LogP contribution >= 0.6 is 22.7 Å². The van der Waals surface area contributed by atoms with Crippen LogP contribution in [-0.2, 0) is 13.0 Å². The molecule has 21 heavy (non-hydrogen) atoms. The van der Waals surface area contributed by atoms with Crippen molar-refractivity contribution in [3.05, 3.63) is 80.4 Å². The van der Waals surface area contributed by atoms with Gasteiger partial charge >= 0.3 is 0 Å². The summed E-state index contributed by atoms with van der Waals surface area (Å²) in [5, 5.41) is 7.76. The van der Waals surface area contributed by atoms with E-state index in [2.05, 4.69) is 40.3 Å². The minimum atomic E-state index is -0.180. The highest BCUT2D eigenvalue weighted by Crippen LogP contribution is 2.25. The second-order valence-corrected chi connectivity index (χ2v) is 6.87. The predicted molar refractivity (Wildman–Crippen MR) is 88.3 cm³/mol. The van der Waals surface area contributed by atoms with E-state index in [9.17, 15) is 4.39 Å². The molecule has 2 heterocycles. The van der Waals surface area contributed by atoms with Gasteiger partial charge in [-0.1, -0.05) is 24.3 Å². The number of rotatable bonds is 6. The van der Waals surface area contributed by atoms with Gasteiger partial charge in [-0.3, -0.25) is 0 Å². The fourth-order valence-electron chi connectivity index (χ4n) is 2.28. The highest BCUT2D eigenvalue weighted by molar-refractivity contribution is 7.10. The average molecular weight is 317 g/mol. The van der Waals surface area contributed by atoms with E-state index < -0.39 is 0 Å². The average Bonchev–Trinajstić information content (AvgIpc) is 3.16. The van der Waals surface area contributed by atoms with Crippen molar-refractivity contribution in [3.8, 4) is 0 Å². The number of thiophene rings is 2. The second-order valence-electron chi connectivity index (χ2n) is 4.86. The van der Waals surface area contributed by atoms with Gasteiger partial charge in [0.1, 0.15) is 5.82 Å². The summed E-state index contributed by atoms with van der Waals surface area (Å²) in [5.41, 5.74) is 0.975. The molecule has 0 aliphatic rings. The van der Waals surface area contributed by atoms with Gasteiger partial charge in [-0.05, 0) is 40.6 Å². The molecule has 3 rings (SSSR count). The van der Waals surface area contributed by atoms with E-state index in [1.807, 2.05) is 6.07 Å². The Morgan fingerprint density at radius 2 is 1.86 bits per heavy atom. The molecule has 0 aliphatic heterocycles. The van der Waals surface area contributed by atoms with Crippen LogP contribution in [0.15, 0.2) is 59.3 Å². The Morgan fingerprint density at radius 1 is 1.00 bits per heavy atom. The minimum absolute atomic E-state index is 0.180. The smallest absolute Gasteiger partial charge is 0.123 e. The standard InChI is InChI=1S/C17H16FNS2/c18-14-5-1-4-13(10-14)12-19-16(17-7-3-9-21-17)11-15-6-2-8-20-15/h1-10,16,19H,11-12H2. The fourth-order valence-corrected chi connectivity index (χ4v) is 3.84. The maximum absolute atomic E-state index is 13.2. The maximum Gasteiger partial charge on any atom is 0.123 e. The number of halogens is 1. The molecule has 1 unspecified atom stereocenters. The number of hydrogen-bond acceptors (Lipinski definition) is 3. The topological polar surface area (TPSA) is 12.0 Å². The molecule has 1 atom stereocenters. The lowest BCUT2D eigenvalue weighted by molar-refractivity contribution is 0.538. The van der Waals surface area contributed by atoms with E-state index >= 15 is 0 Å². The van der Waals surface area contributed by atoms with Gasteiger partial charge in [0.05, 0.1) is 0 Å². The lowest BCUT2D eigenvalue weighted by Crippen LogP contribution is -2.21. The van der Waals surface area contributed by atoms with Crippen molar-refractivity contribution in [1.82, 2.24) is 5.32 Å². The van der Waals surface area contributed by atoms with Crippen LogP contribution < -0.4 is 5.32 Å². The summed E-state index contributed by atoms with van der Waals surface area (Å²) in [7, 11) is 0. The van der Waals surface area contributed by atoms with Crippen LogP contribution in [0.25, 0.3) is 0 Å². The van der Waals surface area contributed by atoms with Crippen molar-refractivity contribution >= 4 is 22.7 Å². The van der Waals surface area contributed by atoms with Crippen LogP contribution in [0.4, 0.5) is 4.39 Å². The quantitative estimate of drug-likeness (QED) is 0.673. The van der Waals surface area contributed by atoms with Crippen molar-refractivity contribution in [2.24, 2.45) is 0 Å². The molecular formula is C17H16FNS2. The first-order valence-corrected chi connectivity index (χ1v) is 8.61. The second kappa shape index (κ2) is 6.98. The molecule has 2 aromatic heterocycles. The van der Waals surface area contributed by atoms with Gasteiger partial charge in [0, 0.05) is 28.8 Å². The molecule has 0 radical (unpaired) electrons. The number of benzene rings is 1. The van der Waals surface area contributed by atoms with E-state index in [-0.39, 0.29) is 11.9 Å². The van der Waals surface area contributed by atoms with E-state index in [4.69, 9.17) is 0 Å². The van der Waals surface area contributed by atoms with Gasteiger partial charge in [-0.15, -0.1) is 22.7 Å². The molecule has 1 nitrogen and oxygen atoms in total. The molecule has 0 aliphatic carbocycles. The third-order valence-electron chi connectivity index (χ3n) is 3.31. The molecule has 1 N–H and O–H groups in total. The first-order valence-electron chi connectivity index (χ1n) is 6.85. The molecule has 0 saturated heterocycles. The SMILES string of the molecule is Fc1cccc(CNC(Cc2cccs2)c2cccs2)c1. The summed E-state index contributed by atoms with van der Waals surface area (Å²) in [6.07, 6.45) is 0.966. The predicted octanol–water partition coefficient (Wildman–Crippen LogP) is 5.02. The third-order valence-corrected chi connectivity index (χ3v) is 5.20.